The average Bonchev–Trinajstić information content (AvgIpc) is 2.63. The van der Waals surface area contributed by atoms with Gasteiger partial charge in [0.25, 0.3) is 0 Å². The van der Waals surface area contributed by atoms with Crippen molar-refractivity contribution in [2.75, 3.05) is 20.2 Å². The molecule has 0 aliphatic heterocycles. The molecule has 0 aliphatic rings. The minimum Gasteiger partial charge on any atom is -0.392 e. The molecule has 0 fully saturated rings. The van der Waals surface area contributed by atoms with E-state index in [1.54, 1.807) is 6.20 Å². The molecule has 0 atom stereocenters. The summed E-state index contributed by atoms with van der Waals surface area (Å²) in [6, 6.07) is 3.65. The number of fused-ring (bicyclic) bond motifs is 1. The van der Waals surface area contributed by atoms with Crippen LogP contribution < -0.4 is 10.2 Å². The van der Waals surface area contributed by atoms with Crippen molar-refractivity contribution in [1.82, 2.24) is 25.5 Å². The average molecular weight is 193 g/mol. The molecule has 1 N–H and O–H groups in total. The van der Waals surface area contributed by atoms with Crippen LogP contribution in [-0.4, -0.2) is 40.3 Å². The fourth-order valence-corrected chi connectivity index (χ4v) is 1.07. The molecule has 0 unspecified atom stereocenters. The maximum absolute atomic E-state index is 5.32. The number of likely N-dealkylation sites (N-methyl/N-ethyl adjacent to an activating group) is 1. The zero-order valence-electron chi connectivity index (χ0n) is 7.84. The predicted molar refractivity (Wildman–Crippen MR) is 50.7 cm³/mol. The number of rotatable bonds is 4. The molecule has 6 nitrogen and oxygen atoms in total. The molecule has 0 spiro atoms. The van der Waals surface area contributed by atoms with Crippen molar-refractivity contribution >= 4 is 11.2 Å². The molecule has 6 heteroatoms. The monoisotopic (exact) mass is 193 g/mol. The van der Waals surface area contributed by atoms with Crippen LogP contribution in [0.25, 0.3) is 11.2 Å². The van der Waals surface area contributed by atoms with Crippen molar-refractivity contribution in [2.24, 2.45) is 0 Å². The Morgan fingerprint density at radius 1 is 1.57 bits per heavy atom. The van der Waals surface area contributed by atoms with E-state index in [9.17, 15) is 0 Å². The maximum Gasteiger partial charge on any atom is 0.219 e. The van der Waals surface area contributed by atoms with E-state index in [4.69, 9.17) is 4.84 Å². The van der Waals surface area contributed by atoms with Crippen LogP contribution in [0.4, 0.5) is 0 Å². The number of nitrogens with one attached hydrogen (secondary N) is 1. The van der Waals surface area contributed by atoms with Crippen molar-refractivity contribution in [3.05, 3.63) is 18.3 Å². The fraction of sp³-hybridized carbons (Fsp3) is 0.375. The van der Waals surface area contributed by atoms with Gasteiger partial charge in [-0.3, -0.25) is 0 Å². The van der Waals surface area contributed by atoms with E-state index >= 15 is 0 Å². The van der Waals surface area contributed by atoms with Crippen LogP contribution in [0.3, 0.4) is 0 Å². The quantitative estimate of drug-likeness (QED) is 0.661. The van der Waals surface area contributed by atoms with Crippen LogP contribution in [0, 0.1) is 0 Å². The Hall–Kier alpha value is -1.69. The smallest absolute Gasteiger partial charge is 0.219 e. The Balaban J connectivity index is 2.17. The summed E-state index contributed by atoms with van der Waals surface area (Å²) in [7, 11) is 1.86. The van der Waals surface area contributed by atoms with Gasteiger partial charge in [0.2, 0.25) is 5.65 Å². The largest absolute Gasteiger partial charge is 0.392 e. The summed E-state index contributed by atoms with van der Waals surface area (Å²) < 4.78 is 0. The third-order valence-electron chi connectivity index (χ3n) is 1.75. The van der Waals surface area contributed by atoms with Crippen molar-refractivity contribution in [1.29, 1.82) is 0 Å². The lowest BCUT2D eigenvalue weighted by Crippen LogP contribution is -2.23. The molecule has 0 bridgehead atoms. The van der Waals surface area contributed by atoms with E-state index in [0.29, 0.717) is 12.3 Å². The highest BCUT2D eigenvalue weighted by molar-refractivity contribution is 5.68. The van der Waals surface area contributed by atoms with Crippen LogP contribution >= 0.6 is 0 Å². The number of pyridine rings is 1. The van der Waals surface area contributed by atoms with Crippen LogP contribution in [0.2, 0.25) is 0 Å². The molecule has 14 heavy (non-hydrogen) atoms. The van der Waals surface area contributed by atoms with Gasteiger partial charge in [0.05, 0.1) is 0 Å². The van der Waals surface area contributed by atoms with Crippen molar-refractivity contribution in [3.63, 3.8) is 0 Å². The predicted octanol–water partition coefficient (Wildman–Crippen LogP) is -0.526. The molecule has 2 heterocycles. The first-order valence-electron chi connectivity index (χ1n) is 4.36. The van der Waals surface area contributed by atoms with E-state index < -0.39 is 0 Å². The summed E-state index contributed by atoms with van der Waals surface area (Å²) in [6.45, 7) is 1.29. The van der Waals surface area contributed by atoms with Gasteiger partial charge in [0.15, 0.2) is 0 Å². The van der Waals surface area contributed by atoms with Crippen LogP contribution in [0.15, 0.2) is 18.3 Å². The van der Waals surface area contributed by atoms with Crippen molar-refractivity contribution in [3.8, 4) is 0 Å². The molecule has 0 aromatic carbocycles. The summed E-state index contributed by atoms with van der Waals surface area (Å²) in [4.78, 5) is 10.8. The van der Waals surface area contributed by atoms with E-state index in [1.165, 1.54) is 4.85 Å². The van der Waals surface area contributed by atoms with E-state index in [1.807, 2.05) is 19.2 Å². The highest BCUT2D eigenvalue weighted by Crippen LogP contribution is 2.03. The lowest BCUT2D eigenvalue weighted by molar-refractivity contribution is 0.0889. The Kier molecular flexibility index (Phi) is 2.55. The Morgan fingerprint density at radius 3 is 3.36 bits per heavy atom. The number of hydrogen-bond donors (Lipinski definition) is 1. The van der Waals surface area contributed by atoms with Gasteiger partial charge in [0, 0.05) is 12.7 Å². The normalized spacial score (nSPS) is 10.6. The van der Waals surface area contributed by atoms with Crippen LogP contribution in [0.1, 0.15) is 0 Å². The summed E-state index contributed by atoms with van der Waals surface area (Å²) >= 11 is 0. The first-order valence-corrected chi connectivity index (χ1v) is 4.36. The molecular weight excluding hydrogens is 182 g/mol. The van der Waals surface area contributed by atoms with Crippen molar-refractivity contribution in [2.45, 2.75) is 0 Å². The van der Waals surface area contributed by atoms with Gasteiger partial charge in [-0.1, -0.05) is 4.85 Å². The van der Waals surface area contributed by atoms with Crippen LogP contribution in [-0.2, 0) is 0 Å². The third-order valence-corrected chi connectivity index (χ3v) is 1.75. The Bertz CT molecular complexity index is 413. The maximum atomic E-state index is 5.32. The second-order valence-corrected chi connectivity index (χ2v) is 2.75. The molecule has 0 saturated heterocycles. The van der Waals surface area contributed by atoms with Crippen molar-refractivity contribution < 1.29 is 4.84 Å². The zero-order valence-corrected chi connectivity index (χ0v) is 7.84. The minimum atomic E-state index is 0.533. The molecule has 2 rings (SSSR count). The Labute approximate surface area is 80.8 Å². The fourth-order valence-electron chi connectivity index (χ4n) is 1.07. The zero-order chi connectivity index (χ0) is 9.80. The topological polar surface area (TPSA) is 64.9 Å². The molecule has 2 aromatic rings. The van der Waals surface area contributed by atoms with E-state index in [-0.39, 0.29) is 0 Å². The van der Waals surface area contributed by atoms with Gasteiger partial charge in [-0.15, -0.1) is 5.10 Å². The molecular formula is C8H11N5O. The molecule has 0 amide bonds. The lowest BCUT2D eigenvalue weighted by Gasteiger charge is -2.02. The first-order chi connectivity index (χ1) is 6.92. The molecule has 74 valence electrons. The number of hydrogen-bond acceptors (Lipinski definition) is 5. The Morgan fingerprint density at radius 2 is 2.50 bits per heavy atom. The molecule has 0 radical (unpaired) electrons. The van der Waals surface area contributed by atoms with Gasteiger partial charge in [-0.25, -0.2) is 4.98 Å². The second kappa shape index (κ2) is 4.01. The van der Waals surface area contributed by atoms with Gasteiger partial charge in [0.1, 0.15) is 12.1 Å². The van der Waals surface area contributed by atoms with E-state index in [2.05, 4.69) is 20.6 Å². The molecule has 2 aromatic heterocycles. The summed E-state index contributed by atoms with van der Waals surface area (Å²) in [5, 5.41) is 10.7. The molecule has 0 aliphatic carbocycles. The highest BCUT2D eigenvalue weighted by Gasteiger charge is 2.04. The van der Waals surface area contributed by atoms with E-state index in [0.717, 1.165) is 12.1 Å². The molecule has 0 saturated carbocycles. The third kappa shape index (κ3) is 1.64. The minimum absolute atomic E-state index is 0.533. The summed E-state index contributed by atoms with van der Waals surface area (Å²) in [5.41, 5.74) is 1.38. The number of aromatic nitrogens is 4. The second-order valence-electron chi connectivity index (χ2n) is 2.75. The van der Waals surface area contributed by atoms with Crippen LogP contribution in [0.5, 0.6) is 0 Å². The summed E-state index contributed by atoms with van der Waals surface area (Å²) in [6.07, 6.45) is 1.68. The lowest BCUT2D eigenvalue weighted by atomic mass is 10.4. The van der Waals surface area contributed by atoms with Gasteiger partial charge in [-0.05, 0) is 24.4 Å². The van der Waals surface area contributed by atoms with Gasteiger partial charge >= 0.3 is 0 Å². The SMILES string of the molecule is CNCCOn1nnc2cccnc21. The summed E-state index contributed by atoms with van der Waals surface area (Å²) in [5.74, 6) is 0. The number of nitrogens with zero attached hydrogens (tertiary/aromatic N) is 4. The highest BCUT2D eigenvalue weighted by atomic mass is 16.7. The standard InChI is InChI=1S/C8H11N5O/c1-9-5-6-14-13-8-7(11-12-13)3-2-4-10-8/h2-4,9H,5-6H2,1H3. The van der Waals surface area contributed by atoms with Gasteiger partial charge in [-0.2, -0.15) is 0 Å². The first kappa shape index (κ1) is 8.89. The van der Waals surface area contributed by atoms with Gasteiger partial charge < -0.3 is 10.2 Å².